The maximum Gasteiger partial charge on any atom is 0.272 e. The third kappa shape index (κ3) is 2.88. The van der Waals surface area contributed by atoms with Crippen molar-refractivity contribution in [2.45, 2.75) is 13.8 Å². The molecule has 0 aliphatic heterocycles. The van der Waals surface area contributed by atoms with Crippen molar-refractivity contribution < 1.29 is 14.3 Å². The van der Waals surface area contributed by atoms with Crippen molar-refractivity contribution in [3.05, 3.63) is 59.3 Å². The minimum atomic E-state index is -0.224. The van der Waals surface area contributed by atoms with Crippen LogP contribution in [0.15, 0.2) is 42.5 Å². The van der Waals surface area contributed by atoms with Crippen molar-refractivity contribution in [1.82, 2.24) is 4.98 Å². The third-order valence-corrected chi connectivity index (χ3v) is 4.04. The van der Waals surface area contributed by atoms with Gasteiger partial charge in [-0.05, 0) is 61.9 Å². The van der Waals surface area contributed by atoms with Gasteiger partial charge in [0.05, 0.1) is 7.11 Å². The number of aryl methyl sites for hydroxylation is 1. The van der Waals surface area contributed by atoms with E-state index in [1.54, 1.807) is 31.4 Å². The van der Waals surface area contributed by atoms with E-state index in [1.807, 2.05) is 25.1 Å². The van der Waals surface area contributed by atoms with Crippen molar-refractivity contribution >= 4 is 28.3 Å². The Balaban J connectivity index is 1.88. The number of aromatic amines is 1. The van der Waals surface area contributed by atoms with E-state index in [0.29, 0.717) is 16.9 Å². The number of benzene rings is 2. The van der Waals surface area contributed by atoms with Crippen LogP contribution >= 0.6 is 0 Å². The van der Waals surface area contributed by atoms with Gasteiger partial charge in [-0.1, -0.05) is 0 Å². The maximum atomic E-state index is 12.5. The van der Waals surface area contributed by atoms with Crippen LogP contribution in [0.4, 0.5) is 5.69 Å². The molecule has 2 N–H and O–H groups in total. The normalized spacial score (nSPS) is 10.6. The zero-order valence-corrected chi connectivity index (χ0v) is 13.8. The number of hydrogen-bond acceptors (Lipinski definition) is 3. The minimum Gasteiger partial charge on any atom is -0.497 e. The van der Waals surface area contributed by atoms with Crippen LogP contribution in [0, 0.1) is 6.92 Å². The summed E-state index contributed by atoms with van der Waals surface area (Å²) < 4.78 is 5.23. The fourth-order valence-corrected chi connectivity index (χ4v) is 2.64. The molecule has 0 aliphatic carbocycles. The number of Topliss-reactive ketones (excluding diaryl/α,β-unsaturated/α-hetero) is 1. The zero-order valence-electron chi connectivity index (χ0n) is 13.8. The van der Waals surface area contributed by atoms with E-state index in [1.165, 1.54) is 6.92 Å². The third-order valence-electron chi connectivity index (χ3n) is 4.04. The zero-order chi connectivity index (χ0) is 17.3. The SMILES string of the molecule is COc1ccc2[nH]c(C(=O)Nc3ccc(C(C)=O)cc3)c(C)c2c1. The highest BCUT2D eigenvalue weighted by Crippen LogP contribution is 2.26. The van der Waals surface area contributed by atoms with Crippen LogP contribution in [0.1, 0.15) is 33.3 Å². The Morgan fingerprint density at radius 2 is 1.79 bits per heavy atom. The summed E-state index contributed by atoms with van der Waals surface area (Å²) in [4.78, 5) is 27.0. The molecular formula is C19H18N2O3. The van der Waals surface area contributed by atoms with Gasteiger partial charge in [-0.25, -0.2) is 0 Å². The van der Waals surface area contributed by atoms with E-state index in [4.69, 9.17) is 4.74 Å². The second kappa shape index (κ2) is 6.20. The molecule has 5 nitrogen and oxygen atoms in total. The highest BCUT2D eigenvalue weighted by atomic mass is 16.5. The first kappa shape index (κ1) is 15.8. The Morgan fingerprint density at radius 1 is 1.08 bits per heavy atom. The molecule has 122 valence electrons. The summed E-state index contributed by atoms with van der Waals surface area (Å²) in [5, 5.41) is 3.79. The van der Waals surface area contributed by atoms with Crippen LogP contribution < -0.4 is 10.1 Å². The molecule has 0 aliphatic rings. The summed E-state index contributed by atoms with van der Waals surface area (Å²) in [6.45, 7) is 3.40. The highest BCUT2D eigenvalue weighted by Gasteiger charge is 2.15. The highest BCUT2D eigenvalue weighted by molar-refractivity contribution is 6.08. The number of amides is 1. The number of fused-ring (bicyclic) bond motifs is 1. The maximum absolute atomic E-state index is 12.5. The van der Waals surface area contributed by atoms with E-state index >= 15 is 0 Å². The predicted molar refractivity (Wildman–Crippen MR) is 94.0 cm³/mol. The molecule has 2 aromatic carbocycles. The molecule has 1 amide bonds. The Hall–Kier alpha value is -3.08. The van der Waals surface area contributed by atoms with Crippen molar-refractivity contribution in [3.8, 4) is 5.75 Å². The Morgan fingerprint density at radius 3 is 2.42 bits per heavy atom. The van der Waals surface area contributed by atoms with Crippen LogP contribution in [-0.4, -0.2) is 23.8 Å². The lowest BCUT2D eigenvalue weighted by molar-refractivity contribution is 0.101. The van der Waals surface area contributed by atoms with Gasteiger partial charge in [0.25, 0.3) is 5.91 Å². The lowest BCUT2D eigenvalue weighted by Gasteiger charge is -2.05. The number of ether oxygens (including phenoxy) is 1. The van der Waals surface area contributed by atoms with Crippen molar-refractivity contribution in [1.29, 1.82) is 0 Å². The van der Waals surface area contributed by atoms with Gasteiger partial charge in [0.1, 0.15) is 11.4 Å². The van der Waals surface area contributed by atoms with Crippen LogP contribution in [-0.2, 0) is 0 Å². The van der Waals surface area contributed by atoms with E-state index in [2.05, 4.69) is 10.3 Å². The second-order valence-electron chi connectivity index (χ2n) is 5.62. The number of rotatable bonds is 4. The van der Waals surface area contributed by atoms with Gasteiger partial charge >= 0.3 is 0 Å². The van der Waals surface area contributed by atoms with E-state index in [9.17, 15) is 9.59 Å². The summed E-state index contributed by atoms with van der Waals surface area (Å²) >= 11 is 0. The molecule has 3 rings (SSSR count). The van der Waals surface area contributed by atoms with Gasteiger partial charge in [-0.2, -0.15) is 0 Å². The average Bonchev–Trinajstić information content (AvgIpc) is 2.91. The van der Waals surface area contributed by atoms with E-state index in [-0.39, 0.29) is 11.7 Å². The summed E-state index contributed by atoms with van der Waals surface area (Å²) in [5.41, 5.74) is 3.50. The number of anilines is 1. The lowest BCUT2D eigenvalue weighted by Crippen LogP contribution is -2.13. The molecule has 0 fully saturated rings. The van der Waals surface area contributed by atoms with Crippen LogP contribution in [0.3, 0.4) is 0 Å². The van der Waals surface area contributed by atoms with Gasteiger partial charge in [-0.3, -0.25) is 9.59 Å². The van der Waals surface area contributed by atoms with Crippen LogP contribution in [0.25, 0.3) is 10.9 Å². The van der Waals surface area contributed by atoms with Gasteiger partial charge in [0.2, 0.25) is 0 Å². The topological polar surface area (TPSA) is 71.2 Å². The van der Waals surface area contributed by atoms with Crippen molar-refractivity contribution in [2.24, 2.45) is 0 Å². The first-order valence-corrected chi connectivity index (χ1v) is 7.58. The van der Waals surface area contributed by atoms with E-state index < -0.39 is 0 Å². The fourth-order valence-electron chi connectivity index (χ4n) is 2.64. The molecule has 5 heteroatoms. The smallest absolute Gasteiger partial charge is 0.272 e. The molecule has 0 unspecified atom stereocenters. The number of hydrogen-bond donors (Lipinski definition) is 2. The Kier molecular flexibility index (Phi) is 4.08. The number of carbonyl (C=O) groups excluding carboxylic acids is 2. The second-order valence-corrected chi connectivity index (χ2v) is 5.62. The Bertz CT molecular complexity index is 924. The lowest BCUT2D eigenvalue weighted by atomic mass is 10.1. The molecule has 0 radical (unpaired) electrons. The molecule has 24 heavy (non-hydrogen) atoms. The molecule has 3 aromatic rings. The number of nitrogens with one attached hydrogen (secondary N) is 2. The largest absolute Gasteiger partial charge is 0.497 e. The predicted octanol–water partition coefficient (Wildman–Crippen LogP) is 3.94. The minimum absolute atomic E-state index is 0.00622. The summed E-state index contributed by atoms with van der Waals surface area (Å²) in [6.07, 6.45) is 0. The molecule has 0 saturated heterocycles. The van der Waals surface area contributed by atoms with Gasteiger partial charge in [0, 0.05) is 22.2 Å². The molecule has 0 bridgehead atoms. The summed E-state index contributed by atoms with van der Waals surface area (Å²) in [7, 11) is 1.61. The molecule has 1 heterocycles. The number of aromatic nitrogens is 1. The van der Waals surface area contributed by atoms with Crippen LogP contribution in [0.2, 0.25) is 0 Å². The van der Waals surface area contributed by atoms with Gasteiger partial charge < -0.3 is 15.0 Å². The van der Waals surface area contributed by atoms with Crippen molar-refractivity contribution in [3.63, 3.8) is 0 Å². The fraction of sp³-hybridized carbons (Fsp3) is 0.158. The van der Waals surface area contributed by atoms with Crippen LogP contribution in [0.5, 0.6) is 5.75 Å². The number of methoxy groups -OCH3 is 1. The summed E-state index contributed by atoms with van der Waals surface area (Å²) in [5.74, 6) is 0.517. The monoisotopic (exact) mass is 322 g/mol. The first-order chi connectivity index (χ1) is 11.5. The Labute approximate surface area is 139 Å². The standard InChI is InChI=1S/C19H18N2O3/c1-11-16-10-15(24-3)8-9-17(16)21-18(11)19(23)20-14-6-4-13(5-7-14)12(2)22/h4-10,21H,1-3H3,(H,20,23). The molecule has 0 spiro atoms. The number of ketones is 1. The van der Waals surface area contributed by atoms with E-state index in [0.717, 1.165) is 22.2 Å². The molecule has 1 aromatic heterocycles. The molecule has 0 saturated carbocycles. The molecule has 0 atom stereocenters. The van der Waals surface area contributed by atoms with Crippen molar-refractivity contribution in [2.75, 3.05) is 12.4 Å². The van der Waals surface area contributed by atoms with Gasteiger partial charge in [0.15, 0.2) is 5.78 Å². The average molecular weight is 322 g/mol. The summed E-state index contributed by atoms with van der Waals surface area (Å²) in [6, 6.07) is 12.5. The van der Waals surface area contributed by atoms with Gasteiger partial charge in [-0.15, -0.1) is 0 Å². The first-order valence-electron chi connectivity index (χ1n) is 7.58. The number of H-pyrrole nitrogens is 1. The number of carbonyl (C=O) groups is 2. The molecular weight excluding hydrogens is 304 g/mol. The quantitative estimate of drug-likeness (QED) is 0.715.